The van der Waals surface area contributed by atoms with E-state index in [2.05, 4.69) is 12.1 Å². The average Bonchev–Trinajstić information content (AvgIpc) is 3.23. The van der Waals surface area contributed by atoms with Crippen LogP contribution in [0.1, 0.15) is 46.7 Å². The van der Waals surface area contributed by atoms with E-state index in [-0.39, 0.29) is 18.1 Å². The fraction of sp³-hybridized carbons (Fsp3) is 0.304. The highest BCUT2D eigenvalue weighted by atomic mass is 19.1. The number of aliphatic hydroxyl groups excluding tert-OH is 1. The molecule has 1 aliphatic heterocycles. The molecule has 1 amide bonds. The van der Waals surface area contributed by atoms with Crippen molar-refractivity contribution in [3.8, 4) is 6.07 Å². The maximum Gasteiger partial charge on any atom is 0.255 e. The summed E-state index contributed by atoms with van der Waals surface area (Å²) in [6, 6.07) is 14.5. The number of amides is 1. The van der Waals surface area contributed by atoms with Crippen LogP contribution in [0.15, 0.2) is 54.6 Å². The van der Waals surface area contributed by atoms with E-state index in [1.165, 1.54) is 40.7 Å². The summed E-state index contributed by atoms with van der Waals surface area (Å²) in [5.74, 6) is -1.21. The first kappa shape index (κ1) is 18.4. The number of carbonyl (C=O) groups excluding carboxylic acids is 1. The van der Waals surface area contributed by atoms with Gasteiger partial charge in [-0.25, -0.2) is 4.39 Å². The van der Waals surface area contributed by atoms with Crippen molar-refractivity contribution in [2.45, 2.75) is 37.3 Å². The first-order valence-electron chi connectivity index (χ1n) is 9.52. The topological polar surface area (TPSA) is 64.3 Å². The van der Waals surface area contributed by atoms with Gasteiger partial charge in [-0.2, -0.15) is 5.26 Å². The number of hydrogen-bond acceptors (Lipinski definition) is 3. The van der Waals surface area contributed by atoms with Gasteiger partial charge in [0.1, 0.15) is 11.9 Å². The Morgan fingerprint density at radius 3 is 2.64 bits per heavy atom. The van der Waals surface area contributed by atoms with Crippen molar-refractivity contribution in [1.82, 2.24) is 4.90 Å². The fourth-order valence-electron chi connectivity index (χ4n) is 4.31. The summed E-state index contributed by atoms with van der Waals surface area (Å²) in [7, 11) is 0. The molecule has 1 heterocycles. The van der Waals surface area contributed by atoms with Crippen molar-refractivity contribution in [2.24, 2.45) is 0 Å². The molecular formula is C23H21FN2O2. The van der Waals surface area contributed by atoms with Crippen molar-refractivity contribution in [2.75, 3.05) is 6.61 Å². The van der Waals surface area contributed by atoms with Gasteiger partial charge in [0.25, 0.3) is 5.91 Å². The zero-order chi connectivity index (χ0) is 19.7. The minimum atomic E-state index is -0.690. The lowest BCUT2D eigenvalue weighted by atomic mass is 9.75. The summed E-state index contributed by atoms with van der Waals surface area (Å²) in [5.41, 5.74) is 3.64. The van der Waals surface area contributed by atoms with Crippen LogP contribution in [-0.2, 0) is 0 Å². The molecule has 2 aromatic rings. The number of allylic oxidation sites excluding steroid dienone is 2. The van der Waals surface area contributed by atoms with Crippen molar-refractivity contribution in [3.05, 3.63) is 77.1 Å². The number of nitrogens with zero attached hydrogens (tertiary/aromatic N) is 2. The second-order valence-corrected chi connectivity index (χ2v) is 7.32. The van der Waals surface area contributed by atoms with Crippen LogP contribution in [0, 0.1) is 17.1 Å². The van der Waals surface area contributed by atoms with Gasteiger partial charge in [-0.05, 0) is 54.2 Å². The van der Waals surface area contributed by atoms with Crippen LogP contribution in [0.25, 0.3) is 5.57 Å². The van der Waals surface area contributed by atoms with Gasteiger partial charge < -0.3 is 10.0 Å². The van der Waals surface area contributed by atoms with Crippen molar-refractivity contribution >= 4 is 11.5 Å². The molecule has 142 valence electrons. The first-order chi connectivity index (χ1) is 13.6. The number of rotatable bonds is 4. The van der Waals surface area contributed by atoms with Crippen LogP contribution < -0.4 is 0 Å². The van der Waals surface area contributed by atoms with E-state index in [1.807, 2.05) is 24.3 Å². The third-order valence-electron chi connectivity index (χ3n) is 5.74. The maximum absolute atomic E-state index is 13.5. The van der Waals surface area contributed by atoms with E-state index in [1.54, 1.807) is 0 Å². The quantitative estimate of drug-likeness (QED) is 0.881. The Bertz CT molecular complexity index is 961. The Hall–Kier alpha value is -2.97. The number of hydrogen-bond donors (Lipinski definition) is 1. The Kier molecular flexibility index (Phi) is 4.97. The van der Waals surface area contributed by atoms with Crippen molar-refractivity contribution in [1.29, 1.82) is 5.26 Å². The third kappa shape index (κ3) is 3.10. The van der Waals surface area contributed by atoms with Gasteiger partial charge in [0.15, 0.2) is 0 Å². The molecule has 1 fully saturated rings. The number of carbonyl (C=O) groups is 1. The molecule has 1 N–H and O–H groups in total. The fourth-order valence-corrected chi connectivity index (χ4v) is 4.31. The Labute approximate surface area is 163 Å². The molecule has 0 saturated carbocycles. The summed E-state index contributed by atoms with van der Waals surface area (Å²) in [5, 5.41) is 19.6. The minimum absolute atomic E-state index is 0.181. The second-order valence-electron chi connectivity index (χ2n) is 7.32. The SMILES string of the molecule is N#C[C@@H]1[C@H](c2ccc(C3=CCCC3)cc2)[C@@H](CO)N1C(=O)c1cccc(F)c1. The van der Waals surface area contributed by atoms with E-state index in [9.17, 15) is 19.6 Å². The molecule has 1 saturated heterocycles. The molecule has 0 aromatic heterocycles. The van der Waals surface area contributed by atoms with Gasteiger partial charge in [-0.3, -0.25) is 4.79 Å². The smallest absolute Gasteiger partial charge is 0.255 e. The molecule has 5 heteroatoms. The molecule has 2 aromatic carbocycles. The van der Waals surface area contributed by atoms with Crippen LogP contribution in [-0.4, -0.2) is 34.6 Å². The van der Waals surface area contributed by atoms with Gasteiger partial charge in [0, 0.05) is 11.5 Å². The lowest BCUT2D eigenvalue weighted by Crippen LogP contribution is -2.65. The van der Waals surface area contributed by atoms with Crippen LogP contribution >= 0.6 is 0 Å². The van der Waals surface area contributed by atoms with Crippen molar-refractivity contribution < 1.29 is 14.3 Å². The predicted molar refractivity (Wildman–Crippen MR) is 104 cm³/mol. The highest BCUT2D eigenvalue weighted by Crippen LogP contribution is 2.42. The zero-order valence-corrected chi connectivity index (χ0v) is 15.4. The normalized spacial score (nSPS) is 23.7. The summed E-state index contributed by atoms with van der Waals surface area (Å²) in [6.07, 6.45) is 5.63. The van der Waals surface area contributed by atoms with E-state index < -0.39 is 23.8 Å². The highest BCUT2D eigenvalue weighted by molar-refractivity contribution is 5.95. The Morgan fingerprint density at radius 2 is 2.04 bits per heavy atom. The lowest BCUT2D eigenvalue weighted by molar-refractivity contribution is -0.00588. The summed E-state index contributed by atoms with van der Waals surface area (Å²) < 4.78 is 13.5. The monoisotopic (exact) mass is 376 g/mol. The number of benzene rings is 2. The van der Waals surface area contributed by atoms with Crippen LogP contribution in [0.3, 0.4) is 0 Å². The van der Waals surface area contributed by atoms with Gasteiger partial charge in [-0.15, -0.1) is 0 Å². The number of nitriles is 1. The molecular weight excluding hydrogens is 355 g/mol. The molecule has 0 radical (unpaired) electrons. The predicted octanol–water partition coefficient (Wildman–Crippen LogP) is 3.89. The third-order valence-corrected chi connectivity index (χ3v) is 5.74. The molecule has 3 atom stereocenters. The zero-order valence-electron chi connectivity index (χ0n) is 15.4. The molecule has 0 unspecified atom stereocenters. The molecule has 4 nitrogen and oxygen atoms in total. The first-order valence-corrected chi connectivity index (χ1v) is 9.52. The molecule has 1 aliphatic carbocycles. The van der Waals surface area contributed by atoms with Crippen LogP contribution in [0.2, 0.25) is 0 Å². The van der Waals surface area contributed by atoms with Crippen LogP contribution in [0.5, 0.6) is 0 Å². The largest absolute Gasteiger partial charge is 0.394 e. The van der Waals surface area contributed by atoms with Gasteiger partial charge in [-0.1, -0.05) is 36.4 Å². The van der Waals surface area contributed by atoms with Gasteiger partial charge in [0.2, 0.25) is 0 Å². The summed E-state index contributed by atoms with van der Waals surface area (Å²) >= 11 is 0. The average molecular weight is 376 g/mol. The Balaban J connectivity index is 1.58. The maximum atomic E-state index is 13.5. The standard InChI is InChI=1S/C23H21FN2O2/c24-19-7-3-6-18(12-19)23(28)26-20(13-25)22(21(26)14-27)17-10-8-16(9-11-17)15-4-1-2-5-15/h3-4,6-12,20-22,27H,1-2,5,14H2/t20-,21-,22+/m1/s1. The van der Waals surface area contributed by atoms with E-state index in [4.69, 9.17) is 0 Å². The number of halogens is 1. The molecule has 4 rings (SSSR count). The lowest BCUT2D eigenvalue weighted by Gasteiger charge is -2.51. The summed E-state index contributed by atoms with van der Waals surface area (Å²) in [4.78, 5) is 14.2. The summed E-state index contributed by atoms with van der Waals surface area (Å²) in [6.45, 7) is -0.253. The number of likely N-dealkylation sites (tertiary alicyclic amines) is 1. The van der Waals surface area contributed by atoms with E-state index in [0.29, 0.717) is 0 Å². The van der Waals surface area contributed by atoms with Crippen molar-refractivity contribution in [3.63, 3.8) is 0 Å². The van der Waals surface area contributed by atoms with E-state index >= 15 is 0 Å². The minimum Gasteiger partial charge on any atom is -0.394 e. The highest BCUT2D eigenvalue weighted by Gasteiger charge is 2.51. The number of aliphatic hydroxyl groups is 1. The van der Waals surface area contributed by atoms with Gasteiger partial charge >= 0.3 is 0 Å². The Morgan fingerprint density at radius 1 is 1.25 bits per heavy atom. The van der Waals surface area contributed by atoms with Crippen LogP contribution in [0.4, 0.5) is 4.39 Å². The van der Waals surface area contributed by atoms with E-state index in [0.717, 1.165) is 24.5 Å². The second kappa shape index (κ2) is 7.57. The molecule has 2 aliphatic rings. The molecule has 28 heavy (non-hydrogen) atoms. The van der Waals surface area contributed by atoms with Gasteiger partial charge in [0.05, 0.1) is 18.7 Å². The molecule has 0 spiro atoms. The molecule has 0 bridgehead atoms.